The van der Waals surface area contributed by atoms with Crippen molar-refractivity contribution in [1.82, 2.24) is 4.72 Å². The normalized spacial score (nSPS) is 15.5. The highest BCUT2D eigenvalue weighted by molar-refractivity contribution is 7.89. The molecule has 0 aliphatic heterocycles. The van der Waals surface area contributed by atoms with E-state index in [-0.39, 0.29) is 12.6 Å². The van der Waals surface area contributed by atoms with Gasteiger partial charge < -0.3 is 5.73 Å². The summed E-state index contributed by atoms with van der Waals surface area (Å²) in [6, 6.07) is 14.5. The Morgan fingerprint density at radius 2 is 1.77 bits per heavy atom. The first-order chi connectivity index (χ1) is 10.6. The summed E-state index contributed by atoms with van der Waals surface area (Å²) in [5.74, 6) is 0. The predicted octanol–water partition coefficient (Wildman–Crippen LogP) is 2.15. The average molecular weight is 316 g/mol. The lowest BCUT2D eigenvalue weighted by Crippen LogP contribution is -2.32. The van der Waals surface area contributed by atoms with E-state index in [1.54, 1.807) is 12.1 Å². The van der Waals surface area contributed by atoms with Crippen molar-refractivity contribution in [3.63, 3.8) is 0 Å². The Kier molecular flexibility index (Phi) is 4.29. The van der Waals surface area contributed by atoms with Crippen molar-refractivity contribution in [1.29, 1.82) is 0 Å². The van der Waals surface area contributed by atoms with Crippen molar-refractivity contribution in [2.24, 2.45) is 5.73 Å². The fourth-order valence-electron chi connectivity index (χ4n) is 2.82. The first-order valence-electron chi connectivity index (χ1n) is 7.48. The molecular weight excluding hydrogens is 296 g/mol. The summed E-state index contributed by atoms with van der Waals surface area (Å²) in [4.78, 5) is 0.327. The summed E-state index contributed by atoms with van der Waals surface area (Å²) >= 11 is 0. The second-order valence-corrected chi connectivity index (χ2v) is 7.42. The van der Waals surface area contributed by atoms with E-state index in [1.807, 2.05) is 36.4 Å². The highest BCUT2D eigenvalue weighted by atomic mass is 32.2. The maximum absolute atomic E-state index is 12.4. The number of rotatable bonds is 5. The van der Waals surface area contributed by atoms with Crippen LogP contribution in [0.1, 0.15) is 29.2 Å². The van der Waals surface area contributed by atoms with E-state index in [1.165, 1.54) is 5.56 Å². The van der Waals surface area contributed by atoms with Crippen LogP contribution in [0, 0.1) is 0 Å². The Bertz CT molecular complexity index is 757. The molecule has 0 radical (unpaired) electrons. The van der Waals surface area contributed by atoms with Crippen molar-refractivity contribution in [2.75, 3.05) is 6.54 Å². The number of hydrogen-bond donors (Lipinski definition) is 2. The van der Waals surface area contributed by atoms with E-state index in [4.69, 9.17) is 5.73 Å². The smallest absolute Gasteiger partial charge is 0.240 e. The summed E-state index contributed by atoms with van der Waals surface area (Å²) < 4.78 is 27.4. The van der Waals surface area contributed by atoms with Crippen LogP contribution in [0.5, 0.6) is 0 Å². The van der Waals surface area contributed by atoms with Crippen LogP contribution in [-0.2, 0) is 22.9 Å². The Morgan fingerprint density at radius 3 is 2.55 bits per heavy atom. The zero-order valence-corrected chi connectivity index (χ0v) is 13.1. The van der Waals surface area contributed by atoms with E-state index in [0.29, 0.717) is 4.90 Å². The van der Waals surface area contributed by atoms with Crippen molar-refractivity contribution < 1.29 is 8.42 Å². The number of benzene rings is 2. The highest BCUT2D eigenvalue weighted by Crippen LogP contribution is 2.24. The van der Waals surface area contributed by atoms with Gasteiger partial charge in [-0.2, -0.15) is 0 Å². The van der Waals surface area contributed by atoms with Gasteiger partial charge in [0.2, 0.25) is 10.0 Å². The van der Waals surface area contributed by atoms with E-state index in [9.17, 15) is 8.42 Å². The SMILES string of the molecule is NC(CNS(=O)(=O)c1ccc2c(c1)CCC2)c1ccccc1. The molecule has 4 nitrogen and oxygen atoms in total. The third kappa shape index (κ3) is 3.21. The molecule has 0 heterocycles. The summed E-state index contributed by atoms with van der Waals surface area (Å²) in [6.45, 7) is 0.184. The first-order valence-corrected chi connectivity index (χ1v) is 8.96. The largest absolute Gasteiger partial charge is 0.323 e. The monoisotopic (exact) mass is 316 g/mol. The minimum Gasteiger partial charge on any atom is -0.323 e. The molecule has 1 aliphatic carbocycles. The van der Waals surface area contributed by atoms with Gasteiger partial charge in [-0.05, 0) is 48.1 Å². The standard InChI is InChI=1S/C17H20N2O2S/c18-17(14-5-2-1-3-6-14)12-19-22(20,21)16-10-9-13-7-4-8-15(13)11-16/h1-3,5-6,9-11,17,19H,4,7-8,12,18H2. The van der Waals surface area contributed by atoms with Gasteiger partial charge in [0.1, 0.15) is 0 Å². The van der Waals surface area contributed by atoms with Crippen LogP contribution in [-0.4, -0.2) is 15.0 Å². The fourth-order valence-corrected chi connectivity index (χ4v) is 3.93. The lowest BCUT2D eigenvalue weighted by Gasteiger charge is -2.14. The third-order valence-electron chi connectivity index (χ3n) is 4.10. The minimum atomic E-state index is -3.51. The molecule has 22 heavy (non-hydrogen) atoms. The molecule has 0 saturated heterocycles. The van der Waals surface area contributed by atoms with Crippen LogP contribution in [0.4, 0.5) is 0 Å². The van der Waals surface area contributed by atoms with Gasteiger partial charge in [-0.25, -0.2) is 13.1 Å². The number of sulfonamides is 1. The Morgan fingerprint density at radius 1 is 1.05 bits per heavy atom. The fraction of sp³-hybridized carbons (Fsp3) is 0.294. The van der Waals surface area contributed by atoms with Crippen molar-refractivity contribution >= 4 is 10.0 Å². The summed E-state index contributed by atoms with van der Waals surface area (Å²) in [5, 5.41) is 0. The molecule has 0 bridgehead atoms. The van der Waals surface area contributed by atoms with E-state index >= 15 is 0 Å². The lowest BCUT2D eigenvalue weighted by molar-refractivity contribution is 0.572. The van der Waals surface area contributed by atoms with Gasteiger partial charge in [0, 0.05) is 12.6 Å². The maximum Gasteiger partial charge on any atom is 0.240 e. The van der Waals surface area contributed by atoms with Gasteiger partial charge in [-0.1, -0.05) is 36.4 Å². The third-order valence-corrected chi connectivity index (χ3v) is 5.52. The second-order valence-electron chi connectivity index (χ2n) is 5.65. The molecule has 1 aliphatic rings. The topological polar surface area (TPSA) is 72.2 Å². The van der Waals surface area contributed by atoms with E-state index < -0.39 is 10.0 Å². The van der Waals surface area contributed by atoms with Gasteiger partial charge >= 0.3 is 0 Å². The zero-order chi connectivity index (χ0) is 15.6. The molecule has 3 rings (SSSR count). The van der Waals surface area contributed by atoms with Crippen LogP contribution in [0.3, 0.4) is 0 Å². The molecular formula is C17H20N2O2S. The molecule has 2 aromatic carbocycles. The molecule has 0 fully saturated rings. The zero-order valence-electron chi connectivity index (χ0n) is 12.3. The number of fused-ring (bicyclic) bond motifs is 1. The molecule has 0 amide bonds. The van der Waals surface area contributed by atoms with Crippen LogP contribution in [0.2, 0.25) is 0 Å². The van der Waals surface area contributed by atoms with Crippen LogP contribution in [0.25, 0.3) is 0 Å². The summed E-state index contributed by atoms with van der Waals surface area (Å²) in [7, 11) is -3.51. The molecule has 1 unspecified atom stereocenters. The number of aryl methyl sites for hydroxylation is 2. The molecule has 0 aromatic heterocycles. The molecule has 2 aromatic rings. The van der Waals surface area contributed by atoms with Gasteiger partial charge in [0.05, 0.1) is 4.90 Å². The number of hydrogen-bond acceptors (Lipinski definition) is 3. The lowest BCUT2D eigenvalue weighted by atomic mass is 10.1. The summed E-state index contributed by atoms with van der Waals surface area (Å²) in [6.07, 6.45) is 3.11. The number of nitrogens with one attached hydrogen (secondary N) is 1. The Labute approximate surface area is 131 Å². The van der Waals surface area contributed by atoms with Gasteiger partial charge in [-0.3, -0.25) is 0 Å². The molecule has 1 atom stereocenters. The van der Waals surface area contributed by atoms with Crippen LogP contribution in [0.15, 0.2) is 53.4 Å². The van der Waals surface area contributed by atoms with Crippen LogP contribution < -0.4 is 10.5 Å². The molecule has 0 spiro atoms. The first kappa shape index (κ1) is 15.2. The van der Waals surface area contributed by atoms with Crippen LogP contribution >= 0.6 is 0 Å². The van der Waals surface area contributed by atoms with Gasteiger partial charge in [-0.15, -0.1) is 0 Å². The van der Waals surface area contributed by atoms with Crippen molar-refractivity contribution in [3.8, 4) is 0 Å². The van der Waals surface area contributed by atoms with Crippen molar-refractivity contribution in [3.05, 3.63) is 65.2 Å². The maximum atomic E-state index is 12.4. The number of nitrogens with two attached hydrogens (primary N) is 1. The average Bonchev–Trinajstić information content (AvgIpc) is 3.01. The Hall–Kier alpha value is -1.69. The molecule has 5 heteroatoms. The minimum absolute atomic E-state index is 0.184. The van der Waals surface area contributed by atoms with Crippen molar-refractivity contribution in [2.45, 2.75) is 30.2 Å². The Balaban J connectivity index is 1.71. The second kappa shape index (κ2) is 6.20. The molecule has 3 N–H and O–H groups in total. The van der Waals surface area contributed by atoms with E-state index in [0.717, 1.165) is 30.4 Å². The quantitative estimate of drug-likeness (QED) is 0.888. The van der Waals surface area contributed by atoms with Gasteiger partial charge in [0.15, 0.2) is 0 Å². The predicted molar refractivity (Wildman–Crippen MR) is 87.0 cm³/mol. The van der Waals surface area contributed by atoms with Gasteiger partial charge in [0.25, 0.3) is 0 Å². The van der Waals surface area contributed by atoms with E-state index in [2.05, 4.69) is 4.72 Å². The molecule has 0 saturated carbocycles. The summed E-state index contributed by atoms with van der Waals surface area (Å²) in [5.41, 5.74) is 9.37. The highest BCUT2D eigenvalue weighted by Gasteiger charge is 2.19. The molecule has 116 valence electrons.